The summed E-state index contributed by atoms with van der Waals surface area (Å²) in [4.78, 5) is 0. The first-order valence-electron chi connectivity index (χ1n) is 4.26. The van der Waals surface area contributed by atoms with Crippen LogP contribution in [-0.4, -0.2) is 38.9 Å². The Bertz CT molecular complexity index is 150. The minimum Gasteiger partial charge on any atom is -0.450 e. The lowest BCUT2D eigenvalue weighted by molar-refractivity contribution is -0.468. The summed E-state index contributed by atoms with van der Waals surface area (Å²) in [6, 6.07) is 0. The predicted octanol–water partition coefficient (Wildman–Crippen LogP) is 2.40. The molecule has 0 aliphatic rings. The zero-order valence-corrected chi connectivity index (χ0v) is 8.64. The van der Waals surface area contributed by atoms with E-state index in [1.54, 1.807) is 6.40 Å². The molecule has 0 bridgehead atoms. The molecular formula is C7H16BF4NO. The smallest absolute Gasteiger partial charge is 0.450 e. The lowest BCUT2D eigenvalue weighted by atomic mass is 10.3. The van der Waals surface area contributed by atoms with E-state index in [0.29, 0.717) is 0 Å². The highest BCUT2D eigenvalue weighted by Crippen LogP contribution is 2.06. The molecule has 0 aliphatic heterocycles. The largest absolute Gasteiger partial charge is 0.673 e. The van der Waals surface area contributed by atoms with Gasteiger partial charge in [0, 0.05) is 0 Å². The molecule has 0 atom stereocenters. The van der Waals surface area contributed by atoms with Crippen molar-refractivity contribution < 1.29 is 26.6 Å². The van der Waals surface area contributed by atoms with Gasteiger partial charge in [-0.3, -0.25) is 0 Å². The number of hydrogen-bond donors (Lipinski definition) is 0. The van der Waals surface area contributed by atoms with Crippen molar-refractivity contribution in [2.75, 3.05) is 20.7 Å². The standard InChI is InChI=1S/C7H16NO.BF4/c1-4-5-6-9-7-8(2)3;2-1(3,4)5/h7H,4-6H2,1-3H3;/q+1;-1. The fraction of sp³-hybridized carbons (Fsp3) is 0.857. The molecule has 0 saturated carbocycles. The van der Waals surface area contributed by atoms with E-state index in [0.717, 1.165) is 13.0 Å². The van der Waals surface area contributed by atoms with Gasteiger partial charge in [-0.25, -0.2) is 4.58 Å². The van der Waals surface area contributed by atoms with Gasteiger partial charge < -0.3 is 22.0 Å². The molecule has 86 valence electrons. The van der Waals surface area contributed by atoms with Crippen molar-refractivity contribution in [2.45, 2.75) is 19.8 Å². The highest BCUT2D eigenvalue weighted by molar-refractivity contribution is 6.50. The van der Waals surface area contributed by atoms with Crippen molar-refractivity contribution >= 4 is 13.7 Å². The van der Waals surface area contributed by atoms with E-state index < -0.39 is 7.25 Å². The number of halogens is 4. The summed E-state index contributed by atoms with van der Waals surface area (Å²) in [5.41, 5.74) is 0. The molecule has 0 fully saturated rings. The van der Waals surface area contributed by atoms with Gasteiger partial charge >= 0.3 is 13.7 Å². The normalized spacial score (nSPS) is 9.93. The van der Waals surface area contributed by atoms with Crippen LogP contribution in [0.15, 0.2) is 0 Å². The molecule has 0 aromatic rings. The van der Waals surface area contributed by atoms with Gasteiger partial charge in [-0.1, -0.05) is 13.3 Å². The summed E-state index contributed by atoms with van der Waals surface area (Å²) in [6.45, 7) is 2.99. The number of ether oxygens (including phenoxy) is 1. The van der Waals surface area contributed by atoms with E-state index in [1.165, 1.54) is 6.42 Å². The Morgan fingerprint density at radius 2 is 1.64 bits per heavy atom. The molecule has 0 aromatic carbocycles. The van der Waals surface area contributed by atoms with Gasteiger partial charge in [-0.05, 0) is 6.42 Å². The Balaban J connectivity index is 0. The lowest BCUT2D eigenvalue weighted by Crippen LogP contribution is -2.02. The van der Waals surface area contributed by atoms with Crippen molar-refractivity contribution in [2.24, 2.45) is 0 Å². The lowest BCUT2D eigenvalue weighted by Gasteiger charge is -1.94. The van der Waals surface area contributed by atoms with Crippen molar-refractivity contribution in [3.63, 3.8) is 0 Å². The number of hydrogen-bond acceptors (Lipinski definition) is 1. The molecule has 0 saturated heterocycles. The molecule has 2 nitrogen and oxygen atoms in total. The monoisotopic (exact) mass is 217 g/mol. The Kier molecular flexibility index (Phi) is 9.92. The third-order valence-electron chi connectivity index (χ3n) is 0.901. The number of rotatable bonds is 4. The Labute approximate surface area is 81.7 Å². The summed E-state index contributed by atoms with van der Waals surface area (Å²) in [5.74, 6) is 0. The summed E-state index contributed by atoms with van der Waals surface area (Å²) in [7, 11) is -2.10. The Morgan fingerprint density at radius 1 is 1.21 bits per heavy atom. The van der Waals surface area contributed by atoms with Crippen LogP contribution in [0.3, 0.4) is 0 Å². The molecule has 7 heteroatoms. The molecule has 0 spiro atoms. The second-order valence-corrected chi connectivity index (χ2v) is 2.79. The summed E-state index contributed by atoms with van der Waals surface area (Å²) in [5, 5.41) is 0. The molecule has 0 radical (unpaired) electrons. The van der Waals surface area contributed by atoms with E-state index in [4.69, 9.17) is 4.74 Å². The number of unbranched alkanes of at least 4 members (excludes halogenated alkanes) is 1. The van der Waals surface area contributed by atoms with E-state index in [2.05, 4.69) is 6.92 Å². The topological polar surface area (TPSA) is 12.2 Å². The fourth-order valence-corrected chi connectivity index (χ4v) is 0.429. The van der Waals surface area contributed by atoms with Crippen LogP contribution in [-0.2, 0) is 4.74 Å². The van der Waals surface area contributed by atoms with Gasteiger partial charge in [-0.2, -0.15) is 0 Å². The second-order valence-electron chi connectivity index (χ2n) is 2.79. The van der Waals surface area contributed by atoms with E-state index in [-0.39, 0.29) is 0 Å². The van der Waals surface area contributed by atoms with Gasteiger partial charge in [0.05, 0.1) is 6.61 Å². The average Bonchev–Trinajstić information content (AvgIpc) is 1.94. The minimum atomic E-state index is -6.00. The molecule has 0 unspecified atom stereocenters. The summed E-state index contributed by atoms with van der Waals surface area (Å²) in [6.07, 6.45) is 4.07. The van der Waals surface area contributed by atoms with E-state index in [9.17, 15) is 17.3 Å². The summed E-state index contributed by atoms with van der Waals surface area (Å²) < 4.78 is 46.0. The third kappa shape index (κ3) is 42.9. The second kappa shape index (κ2) is 8.84. The molecular weight excluding hydrogens is 201 g/mol. The SMILES string of the molecule is CCCCOC=[N+](C)C.F[B-](F)(F)F. The first-order valence-corrected chi connectivity index (χ1v) is 4.26. The van der Waals surface area contributed by atoms with Crippen LogP contribution >= 0.6 is 0 Å². The van der Waals surface area contributed by atoms with Gasteiger partial charge in [0.2, 0.25) is 0 Å². The average molecular weight is 217 g/mol. The number of nitrogens with zero attached hydrogens (tertiary/aromatic N) is 1. The molecule has 0 aliphatic carbocycles. The Hall–Kier alpha value is -0.745. The van der Waals surface area contributed by atoms with Gasteiger partial charge in [0.15, 0.2) is 0 Å². The third-order valence-corrected chi connectivity index (χ3v) is 0.901. The highest BCUT2D eigenvalue weighted by Gasteiger charge is 2.20. The molecule has 0 rings (SSSR count). The van der Waals surface area contributed by atoms with Crippen LogP contribution in [0, 0.1) is 0 Å². The van der Waals surface area contributed by atoms with Crippen LogP contribution in [0.5, 0.6) is 0 Å². The fourth-order valence-electron chi connectivity index (χ4n) is 0.429. The molecule has 0 N–H and O–H groups in total. The van der Waals surface area contributed by atoms with Crippen molar-refractivity contribution in [3.05, 3.63) is 0 Å². The minimum absolute atomic E-state index is 0.842. The Morgan fingerprint density at radius 3 is 1.93 bits per heavy atom. The maximum Gasteiger partial charge on any atom is 0.673 e. The summed E-state index contributed by atoms with van der Waals surface area (Å²) >= 11 is 0. The van der Waals surface area contributed by atoms with Crippen LogP contribution < -0.4 is 0 Å². The van der Waals surface area contributed by atoms with Crippen LogP contribution in [0.4, 0.5) is 17.3 Å². The predicted molar refractivity (Wildman–Crippen MR) is 49.2 cm³/mol. The van der Waals surface area contributed by atoms with Crippen molar-refractivity contribution in [3.8, 4) is 0 Å². The van der Waals surface area contributed by atoms with Gasteiger partial charge in [0.25, 0.3) is 0 Å². The molecule has 0 heterocycles. The highest BCUT2D eigenvalue weighted by atomic mass is 19.5. The molecule has 0 amide bonds. The van der Waals surface area contributed by atoms with Gasteiger partial charge in [-0.15, -0.1) is 0 Å². The zero-order valence-electron chi connectivity index (χ0n) is 8.64. The van der Waals surface area contributed by atoms with Crippen LogP contribution in [0.25, 0.3) is 0 Å². The molecule has 14 heavy (non-hydrogen) atoms. The van der Waals surface area contributed by atoms with E-state index >= 15 is 0 Å². The van der Waals surface area contributed by atoms with Gasteiger partial charge in [0.1, 0.15) is 14.1 Å². The van der Waals surface area contributed by atoms with Crippen molar-refractivity contribution in [1.82, 2.24) is 0 Å². The zero-order chi connectivity index (χ0) is 11.6. The maximum absolute atomic E-state index is 9.75. The first-order chi connectivity index (χ1) is 6.27. The maximum atomic E-state index is 9.75. The first kappa shape index (κ1) is 15.7. The van der Waals surface area contributed by atoms with Crippen LogP contribution in [0.1, 0.15) is 19.8 Å². The van der Waals surface area contributed by atoms with Crippen LogP contribution in [0.2, 0.25) is 0 Å². The van der Waals surface area contributed by atoms with E-state index in [1.807, 2.05) is 18.7 Å². The molecule has 0 aromatic heterocycles. The van der Waals surface area contributed by atoms with Crippen molar-refractivity contribution in [1.29, 1.82) is 0 Å². The quantitative estimate of drug-likeness (QED) is 0.176.